The number of rotatable bonds is 5. The lowest BCUT2D eigenvalue weighted by molar-refractivity contribution is 0.0552. The molecule has 0 spiro atoms. The number of hydrogen-bond donors (Lipinski definition) is 1. The maximum atomic E-state index is 10.8. The summed E-state index contributed by atoms with van der Waals surface area (Å²) in [6.45, 7) is 8.95. The molecule has 1 fully saturated rings. The summed E-state index contributed by atoms with van der Waals surface area (Å²) in [6.07, 6.45) is 5.70. The molecule has 190 valence electrons. The SMILES string of the molecule is Cc1noc(C)c1-c1cnc2c3cnc(C(C)(C)O)cc3n([C@@H](c3ccccc3)C3CCOCC3)c2c1. The average molecular weight is 497 g/mol. The van der Waals surface area contributed by atoms with E-state index >= 15 is 0 Å². The van der Waals surface area contributed by atoms with Crippen LogP contribution in [0.1, 0.15) is 55.4 Å². The molecule has 0 amide bonds. The van der Waals surface area contributed by atoms with Crippen LogP contribution in [-0.2, 0) is 10.3 Å². The van der Waals surface area contributed by atoms with Crippen LogP contribution in [0.4, 0.5) is 0 Å². The number of nitrogens with zero attached hydrogens (tertiary/aromatic N) is 4. The molecule has 1 aliphatic heterocycles. The van der Waals surface area contributed by atoms with Crippen LogP contribution in [-0.4, -0.2) is 38.0 Å². The van der Waals surface area contributed by atoms with E-state index in [0.29, 0.717) is 11.6 Å². The lowest BCUT2D eigenvalue weighted by Crippen LogP contribution is -2.27. The molecule has 0 aliphatic carbocycles. The van der Waals surface area contributed by atoms with Crippen LogP contribution in [0.5, 0.6) is 0 Å². The Labute approximate surface area is 216 Å². The predicted molar refractivity (Wildman–Crippen MR) is 143 cm³/mol. The van der Waals surface area contributed by atoms with Crippen molar-refractivity contribution >= 4 is 21.9 Å². The summed E-state index contributed by atoms with van der Waals surface area (Å²) in [5, 5.41) is 16.0. The molecule has 1 aliphatic rings. The first-order valence-corrected chi connectivity index (χ1v) is 12.9. The third-order valence-electron chi connectivity index (χ3n) is 7.60. The smallest absolute Gasteiger partial charge is 0.141 e. The summed E-state index contributed by atoms with van der Waals surface area (Å²) >= 11 is 0. The van der Waals surface area contributed by atoms with E-state index in [1.165, 1.54) is 5.56 Å². The van der Waals surface area contributed by atoms with E-state index in [1.54, 1.807) is 13.8 Å². The molecule has 4 aromatic heterocycles. The Morgan fingerprint density at radius 3 is 2.43 bits per heavy atom. The topological polar surface area (TPSA) is 86.2 Å². The van der Waals surface area contributed by atoms with Gasteiger partial charge in [-0.15, -0.1) is 0 Å². The predicted octanol–water partition coefficient (Wildman–Crippen LogP) is 6.10. The maximum absolute atomic E-state index is 10.8. The first-order chi connectivity index (χ1) is 17.8. The van der Waals surface area contributed by atoms with E-state index < -0.39 is 5.60 Å². The molecule has 7 nitrogen and oxygen atoms in total. The number of aromatic nitrogens is 4. The Morgan fingerprint density at radius 1 is 1.00 bits per heavy atom. The van der Waals surface area contributed by atoms with Crippen LogP contribution in [0.2, 0.25) is 0 Å². The van der Waals surface area contributed by atoms with Gasteiger partial charge in [0.15, 0.2) is 0 Å². The third kappa shape index (κ3) is 4.12. The Balaban J connectivity index is 1.69. The molecule has 6 rings (SSSR count). The molecule has 37 heavy (non-hydrogen) atoms. The van der Waals surface area contributed by atoms with E-state index in [4.69, 9.17) is 14.2 Å². The molecule has 0 unspecified atom stereocenters. The Kier molecular flexibility index (Phi) is 5.85. The van der Waals surface area contributed by atoms with Crippen molar-refractivity contribution in [1.82, 2.24) is 19.7 Å². The van der Waals surface area contributed by atoms with Gasteiger partial charge in [-0.3, -0.25) is 9.97 Å². The molecule has 1 N–H and O–H groups in total. The lowest BCUT2D eigenvalue weighted by Gasteiger charge is -2.33. The number of benzene rings is 1. The standard InChI is InChI=1S/C30H32N4O3/c1-18-27(19(2)37-33-18)22-14-25-28(32-16-22)23-17-31-26(30(3,4)35)15-24(23)34(25)29(20-8-6-5-7-9-20)21-10-12-36-13-11-21/h5-9,14-17,21,29,35H,10-13H2,1-4H3/t29-/m0/s1. The van der Waals surface area contributed by atoms with Gasteiger partial charge in [0.25, 0.3) is 0 Å². The lowest BCUT2D eigenvalue weighted by atomic mass is 9.86. The van der Waals surface area contributed by atoms with E-state index in [0.717, 1.165) is 70.6 Å². The monoisotopic (exact) mass is 496 g/mol. The second-order valence-corrected chi connectivity index (χ2v) is 10.6. The Morgan fingerprint density at radius 2 is 1.76 bits per heavy atom. The number of aryl methyl sites for hydroxylation is 2. The molecule has 1 atom stereocenters. The summed E-state index contributed by atoms with van der Waals surface area (Å²) in [5.74, 6) is 1.16. The molecule has 0 saturated carbocycles. The first-order valence-electron chi connectivity index (χ1n) is 12.9. The van der Waals surface area contributed by atoms with Gasteiger partial charge in [0.05, 0.1) is 34.0 Å². The van der Waals surface area contributed by atoms with Gasteiger partial charge >= 0.3 is 0 Å². The van der Waals surface area contributed by atoms with Crippen molar-refractivity contribution in [3.05, 3.63) is 77.6 Å². The summed E-state index contributed by atoms with van der Waals surface area (Å²) in [4.78, 5) is 9.60. The van der Waals surface area contributed by atoms with Crippen LogP contribution < -0.4 is 0 Å². The normalized spacial score (nSPS) is 16.0. The van der Waals surface area contributed by atoms with E-state index in [1.807, 2.05) is 32.3 Å². The zero-order valence-electron chi connectivity index (χ0n) is 21.7. The summed E-state index contributed by atoms with van der Waals surface area (Å²) < 4.78 is 13.7. The van der Waals surface area contributed by atoms with E-state index in [-0.39, 0.29) is 6.04 Å². The van der Waals surface area contributed by atoms with Gasteiger partial charge in [0, 0.05) is 42.1 Å². The molecule has 5 aromatic rings. The van der Waals surface area contributed by atoms with Crippen molar-refractivity contribution in [2.45, 2.75) is 52.2 Å². The van der Waals surface area contributed by atoms with Gasteiger partial charge < -0.3 is 18.9 Å². The molecule has 5 heterocycles. The number of fused-ring (bicyclic) bond motifs is 3. The summed E-state index contributed by atoms with van der Waals surface area (Å²) in [7, 11) is 0. The quantitative estimate of drug-likeness (QED) is 0.316. The van der Waals surface area contributed by atoms with Crippen LogP contribution >= 0.6 is 0 Å². The highest BCUT2D eigenvalue weighted by atomic mass is 16.5. The van der Waals surface area contributed by atoms with Crippen LogP contribution in [0, 0.1) is 19.8 Å². The fourth-order valence-corrected chi connectivity index (χ4v) is 5.78. The molecular formula is C30H32N4O3. The number of hydrogen-bond acceptors (Lipinski definition) is 6. The van der Waals surface area contributed by atoms with Crippen molar-refractivity contribution in [3.8, 4) is 11.1 Å². The van der Waals surface area contributed by atoms with Gasteiger partial charge in [-0.2, -0.15) is 0 Å². The molecule has 1 saturated heterocycles. The van der Waals surface area contributed by atoms with Crippen LogP contribution in [0.15, 0.2) is 59.4 Å². The van der Waals surface area contributed by atoms with Crippen molar-refractivity contribution in [3.63, 3.8) is 0 Å². The second kappa shape index (κ2) is 9.08. The van der Waals surface area contributed by atoms with Crippen molar-refractivity contribution in [2.75, 3.05) is 13.2 Å². The second-order valence-electron chi connectivity index (χ2n) is 10.6. The van der Waals surface area contributed by atoms with Crippen LogP contribution in [0.3, 0.4) is 0 Å². The molecular weight excluding hydrogens is 464 g/mol. The van der Waals surface area contributed by atoms with Crippen LogP contribution in [0.25, 0.3) is 33.1 Å². The largest absolute Gasteiger partial charge is 0.384 e. The zero-order chi connectivity index (χ0) is 25.7. The first kappa shape index (κ1) is 23.8. The highest BCUT2D eigenvalue weighted by Crippen LogP contribution is 2.42. The third-order valence-corrected chi connectivity index (χ3v) is 7.60. The van der Waals surface area contributed by atoms with Gasteiger partial charge in [-0.05, 0) is 64.2 Å². The minimum absolute atomic E-state index is 0.0730. The van der Waals surface area contributed by atoms with Gasteiger partial charge in [-0.25, -0.2) is 0 Å². The van der Waals surface area contributed by atoms with Crippen molar-refractivity contribution in [1.29, 1.82) is 0 Å². The molecule has 7 heteroatoms. The van der Waals surface area contributed by atoms with E-state index in [2.05, 4.69) is 51.1 Å². The molecule has 0 bridgehead atoms. The number of pyridine rings is 2. The van der Waals surface area contributed by atoms with Crippen molar-refractivity contribution in [2.24, 2.45) is 5.92 Å². The highest BCUT2D eigenvalue weighted by Gasteiger charge is 2.31. The zero-order valence-corrected chi connectivity index (χ0v) is 21.7. The number of ether oxygens (including phenoxy) is 1. The van der Waals surface area contributed by atoms with Gasteiger partial charge in [-0.1, -0.05) is 35.5 Å². The maximum Gasteiger partial charge on any atom is 0.141 e. The average Bonchev–Trinajstić information content (AvgIpc) is 3.40. The Bertz CT molecular complexity index is 1550. The highest BCUT2D eigenvalue weighted by molar-refractivity contribution is 6.06. The van der Waals surface area contributed by atoms with E-state index in [9.17, 15) is 5.11 Å². The minimum atomic E-state index is -1.06. The minimum Gasteiger partial charge on any atom is -0.384 e. The molecule has 1 aromatic carbocycles. The van der Waals surface area contributed by atoms with Gasteiger partial charge in [0.1, 0.15) is 11.4 Å². The molecule has 0 radical (unpaired) electrons. The number of aliphatic hydroxyl groups is 1. The summed E-state index contributed by atoms with van der Waals surface area (Å²) in [6, 6.07) is 15.0. The summed E-state index contributed by atoms with van der Waals surface area (Å²) in [5.41, 5.74) is 6.56. The van der Waals surface area contributed by atoms with Crippen molar-refractivity contribution < 1.29 is 14.4 Å². The fraction of sp³-hybridized carbons (Fsp3) is 0.367. The van der Waals surface area contributed by atoms with Gasteiger partial charge in [0.2, 0.25) is 0 Å². The fourth-order valence-electron chi connectivity index (χ4n) is 5.78. The Hall–Kier alpha value is -3.55.